The van der Waals surface area contributed by atoms with Crippen molar-refractivity contribution in [3.05, 3.63) is 53.6 Å². The lowest BCUT2D eigenvalue weighted by Crippen LogP contribution is -2.01. The molecule has 0 bridgehead atoms. The molecule has 2 aromatic rings. The number of hydrogen-bond donors (Lipinski definition) is 2. The molecule has 0 aliphatic carbocycles. The van der Waals surface area contributed by atoms with E-state index < -0.39 is 0 Å². The summed E-state index contributed by atoms with van der Waals surface area (Å²) in [4.78, 5) is 0. The summed E-state index contributed by atoms with van der Waals surface area (Å²) in [5.41, 5.74) is 9.17. The van der Waals surface area contributed by atoms with Gasteiger partial charge in [0.05, 0.1) is 24.4 Å². The summed E-state index contributed by atoms with van der Waals surface area (Å²) in [6.07, 6.45) is 0. The monoisotopic (exact) mass is 253 g/mol. The number of nitrogens with two attached hydrogens (primary N) is 1. The molecule has 2 aromatic carbocycles. The predicted octanol–water partition coefficient (Wildman–Crippen LogP) is 2.76. The maximum atomic E-state index is 8.72. The Kier molecular flexibility index (Phi) is 3.89. The van der Waals surface area contributed by atoms with Crippen molar-refractivity contribution >= 4 is 11.4 Å². The molecule has 0 atom stereocenters. The number of nitriles is 1. The van der Waals surface area contributed by atoms with Crippen molar-refractivity contribution in [1.82, 2.24) is 0 Å². The number of rotatable bonds is 4. The highest BCUT2D eigenvalue weighted by Gasteiger charge is 2.01. The van der Waals surface area contributed by atoms with E-state index in [9.17, 15) is 0 Å². The largest absolute Gasteiger partial charge is 0.495 e. The van der Waals surface area contributed by atoms with Gasteiger partial charge in [-0.25, -0.2) is 0 Å². The van der Waals surface area contributed by atoms with Gasteiger partial charge in [0.15, 0.2) is 0 Å². The van der Waals surface area contributed by atoms with E-state index in [0.717, 1.165) is 11.3 Å². The molecule has 0 fully saturated rings. The lowest BCUT2D eigenvalue weighted by Gasteiger charge is -2.09. The Morgan fingerprint density at radius 1 is 1.21 bits per heavy atom. The van der Waals surface area contributed by atoms with Crippen LogP contribution in [0.2, 0.25) is 0 Å². The van der Waals surface area contributed by atoms with Gasteiger partial charge in [0.2, 0.25) is 0 Å². The molecule has 0 heterocycles. The van der Waals surface area contributed by atoms with Gasteiger partial charge in [0, 0.05) is 12.2 Å². The molecule has 0 spiro atoms. The van der Waals surface area contributed by atoms with E-state index in [1.165, 1.54) is 0 Å². The van der Waals surface area contributed by atoms with Crippen LogP contribution in [0.5, 0.6) is 5.75 Å². The molecule has 0 aliphatic rings. The summed E-state index contributed by atoms with van der Waals surface area (Å²) in [5.74, 6) is 0.683. The van der Waals surface area contributed by atoms with Gasteiger partial charge >= 0.3 is 0 Å². The van der Waals surface area contributed by atoms with Crippen LogP contribution in [0, 0.1) is 11.3 Å². The van der Waals surface area contributed by atoms with E-state index in [1.54, 1.807) is 19.2 Å². The van der Waals surface area contributed by atoms with Gasteiger partial charge in [-0.1, -0.05) is 6.07 Å². The van der Waals surface area contributed by atoms with Crippen LogP contribution < -0.4 is 15.8 Å². The fourth-order valence-electron chi connectivity index (χ4n) is 1.76. The molecule has 96 valence electrons. The fourth-order valence-corrected chi connectivity index (χ4v) is 1.76. The van der Waals surface area contributed by atoms with E-state index >= 15 is 0 Å². The van der Waals surface area contributed by atoms with Crippen LogP contribution in [0.3, 0.4) is 0 Å². The normalized spacial score (nSPS) is 9.68. The van der Waals surface area contributed by atoms with Gasteiger partial charge in [0.25, 0.3) is 0 Å². The summed E-state index contributed by atoms with van der Waals surface area (Å²) in [6, 6.07) is 15.1. The third-order valence-electron chi connectivity index (χ3n) is 2.80. The molecule has 3 N–H and O–H groups in total. The first-order chi connectivity index (χ1) is 9.22. The molecular formula is C15H15N3O. The minimum absolute atomic E-state index is 0.627. The van der Waals surface area contributed by atoms with Crippen molar-refractivity contribution in [1.29, 1.82) is 5.26 Å². The maximum absolute atomic E-state index is 8.72. The lowest BCUT2D eigenvalue weighted by molar-refractivity contribution is 0.417. The van der Waals surface area contributed by atoms with Crippen molar-refractivity contribution in [2.24, 2.45) is 0 Å². The zero-order valence-electron chi connectivity index (χ0n) is 10.7. The van der Waals surface area contributed by atoms with Crippen LogP contribution in [-0.2, 0) is 6.54 Å². The number of ether oxygens (including phenoxy) is 1. The van der Waals surface area contributed by atoms with Gasteiger partial charge in [-0.2, -0.15) is 5.26 Å². The highest BCUT2D eigenvalue weighted by Crippen LogP contribution is 2.22. The van der Waals surface area contributed by atoms with Crippen molar-refractivity contribution in [2.75, 3.05) is 18.2 Å². The van der Waals surface area contributed by atoms with E-state index in [4.69, 9.17) is 15.7 Å². The minimum Gasteiger partial charge on any atom is -0.495 e. The molecule has 0 saturated carbocycles. The zero-order chi connectivity index (χ0) is 13.7. The predicted molar refractivity (Wildman–Crippen MR) is 75.9 cm³/mol. The highest BCUT2D eigenvalue weighted by molar-refractivity contribution is 5.55. The molecule has 0 radical (unpaired) electrons. The molecule has 0 saturated heterocycles. The second kappa shape index (κ2) is 5.78. The van der Waals surface area contributed by atoms with Crippen LogP contribution in [0.1, 0.15) is 11.1 Å². The number of nitrogens with zero attached hydrogens (tertiary/aromatic N) is 1. The zero-order valence-corrected chi connectivity index (χ0v) is 10.7. The molecule has 0 unspecified atom stereocenters. The van der Waals surface area contributed by atoms with Crippen molar-refractivity contribution < 1.29 is 4.74 Å². The molecule has 0 aliphatic heterocycles. The van der Waals surface area contributed by atoms with Crippen LogP contribution in [-0.4, -0.2) is 7.11 Å². The van der Waals surface area contributed by atoms with Gasteiger partial charge in [-0.15, -0.1) is 0 Å². The van der Waals surface area contributed by atoms with E-state index in [-0.39, 0.29) is 0 Å². The summed E-state index contributed by atoms with van der Waals surface area (Å²) in [7, 11) is 1.60. The second-order valence-corrected chi connectivity index (χ2v) is 4.12. The third kappa shape index (κ3) is 3.17. The Bertz CT molecular complexity index is 600. The number of nitrogens with one attached hydrogen (secondary N) is 1. The van der Waals surface area contributed by atoms with Crippen LogP contribution in [0.15, 0.2) is 42.5 Å². The topological polar surface area (TPSA) is 71.1 Å². The van der Waals surface area contributed by atoms with Crippen molar-refractivity contribution in [2.45, 2.75) is 6.54 Å². The molecule has 19 heavy (non-hydrogen) atoms. The Labute approximate surface area is 112 Å². The fraction of sp³-hybridized carbons (Fsp3) is 0.133. The molecule has 4 nitrogen and oxygen atoms in total. The average molecular weight is 253 g/mol. The van der Waals surface area contributed by atoms with Crippen LogP contribution in [0.25, 0.3) is 0 Å². The first kappa shape index (κ1) is 12.8. The van der Waals surface area contributed by atoms with Crippen LogP contribution >= 0.6 is 0 Å². The molecular weight excluding hydrogens is 238 g/mol. The quantitative estimate of drug-likeness (QED) is 0.822. The van der Waals surface area contributed by atoms with E-state index in [0.29, 0.717) is 23.5 Å². The molecule has 4 heteroatoms. The number of methoxy groups -OCH3 is 1. The van der Waals surface area contributed by atoms with Gasteiger partial charge in [-0.3, -0.25) is 0 Å². The smallest absolute Gasteiger partial charge is 0.141 e. The first-order valence-electron chi connectivity index (χ1n) is 5.89. The van der Waals surface area contributed by atoms with Gasteiger partial charge in [-0.05, 0) is 42.0 Å². The molecule has 0 aromatic heterocycles. The molecule has 0 amide bonds. The summed E-state index contributed by atoms with van der Waals surface area (Å²) >= 11 is 0. The number of hydrogen-bond acceptors (Lipinski definition) is 4. The Hall–Kier alpha value is -2.67. The van der Waals surface area contributed by atoms with Gasteiger partial charge in [0.1, 0.15) is 5.75 Å². The summed E-state index contributed by atoms with van der Waals surface area (Å²) in [5, 5.41) is 12.0. The first-order valence-corrected chi connectivity index (χ1v) is 5.89. The average Bonchev–Trinajstić information content (AvgIpc) is 2.46. The van der Waals surface area contributed by atoms with E-state index in [1.807, 2.05) is 30.3 Å². The van der Waals surface area contributed by atoms with Crippen LogP contribution in [0.4, 0.5) is 11.4 Å². The summed E-state index contributed by atoms with van der Waals surface area (Å²) in [6.45, 7) is 0.667. The molecule has 2 rings (SSSR count). The SMILES string of the molecule is COc1ccc(CNc2ccc(C#N)cc2)cc1N. The standard InChI is InChI=1S/C15H15N3O/c1-19-15-7-4-12(8-14(15)17)10-18-13-5-2-11(9-16)3-6-13/h2-8,18H,10,17H2,1H3. The minimum atomic E-state index is 0.627. The Morgan fingerprint density at radius 2 is 1.95 bits per heavy atom. The van der Waals surface area contributed by atoms with Gasteiger partial charge < -0.3 is 15.8 Å². The highest BCUT2D eigenvalue weighted by atomic mass is 16.5. The summed E-state index contributed by atoms with van der Waals surface area (Å²) < 4.78 is 5.11. The third-order valence-corrected chi connectivity index (χ3v) is 2.80. The lowest BCUT2D eigenvalue weighted by atomic mass is 10.1. The van der Waals surface area contributed by atoms with Crippen molar-refractivity contribution in [3.63, 3.8) is 0 Å². The Morgan fingerprint density at radius 3 is 2.53 bits per heavy atom. The number of benzene rings is 2. The number of anilines is 2. The second-order valence-electron chi connectivity index (χ2n) is 4.12. The maximum Gasteiger partial charge on any atom is 0.141 e. The number of nitrogen functional groups attached to an aromatic ring is 1. The van der Waals surface area contributed by atoms with E-state index in [2.05, 4.69) is 11.4 Å². The van der Waals surface area contributed by atoms with Crippen molar-refractivity contribution in [3.8, 4) is 11.8 Å². The Balaban J connectivity index is 2.02.